The van der Waals surface area contributed by atoms with Gasteiger partial charge in [-0.25, -0.2) is 0 Å². The van der Waals surface area contributed by atoms with Crippen molar-refractivity contribution in [2.75, 3.05) is 12.4 Å². The summed E-state index contributed by atoms with van der Waals surface area (Å²) in [6.07, 6.45) is 0. The lowest BCUT2D eigenvalue weighted by Gasteiger charge is -2.12. The number of methoxy groups -OCH3 is 1. The molecule has 0 saturated heterocycles. The van der Waals surface area contributed by atoms with Crippen LogP contribution in [0, 0.1) is 6.92 Å². The van der Waals surface area contributed by atoms with Gasteiger partial charge in [-0.15, -0.1) is 10.2 Å². The fourth-order valence-corrected chi connectivity index (χ4v) is 1.83. The van der Waals surface area contributed by atoms with E-state index in [-0.39, 0.29) is 10.4 Å². The first-order valence-electron chi connectivity index (χ1n) is 5.18. The minimum Gasteiger partial charge on any atom is -0.495 e. The fourth-order valence-electron chi connectivity index (χ4n) is 1.43. The molecule has 1 aromatic carbocycles. The van der Waals surface area contributed by atoms with Crippen molar-refractivity contribution >= 4 is 46.3 Å². The van der Waals surface area contributed by atoms with Crippen molar-refractivity contribution in [2.24, 2.45) is 0 Å². The summed E-state index contributed by atoms with van der Waals surface area (Å²) in [7, 11) is 1.54. The van der Waals surface area contributed by atoms with Gasteiger partial charge in [0.15, 0.2) is 11.0 Å². The third-order valence-electron chi connectivity index (χ3n) is 2.35. The molecule has 0 unspecified atom stereocenters. The molecule has 0 bridgehead atoms. The summed E-state index contributed by atoms with van der Waals surface area (Å²) in [6, 6.07) is 3.51. The average molecular weight is 320 g/mol. The van der Waals surface area contributed by atoms with E-state index < -0.39 is 0 Å². The van der Waals surface area contributed by atoms with Gasteiger partial charge < -0.3 is 10.1 Å². The summed E-state index contributed by atoms with van der Waals surface area (Å²) in [6.45, 7) is 1.87. The lowest BCUT2D eigenvalue weighted by atomic mass is 10.2. The number of anilines is 2. The largest absolute Gasteiger partial charge is 0.495 e. The van der Waals surface area contributed by atoms with Crippen molar-refractivity contribution in [1.82, 2.24) is 15.2 Å². The SMILES string of the molecule is COc1cc(Cl)c(C)cc1Nc1nc(Cl)nnc1Cl. The van der Waals surface area contributed by atoms with E-state index in [1.165, 1.54) is 0 Å². The lowest BCUT2D eigenvalue weighted by molar-refractivity contribution is 0.416. The van der Waals surface area contributed by atoms with Crippen LogP contribution in [0.4, 0.5) is 11.5 Å². The van der Waals surface area contributed by atoms with Crippen molar-refractivity contribution in [3.8, 4) is 5.75 Å². The van der Waals surface area contributed by atoms with Crippen molar-refractivity contribution in [3.05, 3.63) is 33.2 Å². The van der Waals surface area contributed by atoms with Crippen molar-refractivity contribution < 1.29 is 4.74 Å². The number of benzene rings is 1. The minimum absolute atomic E-state index is 0.00319. The smallest absolute Gasteiger partial charge is 0.245 e. The van der Waals surface area contributed by atoms with Gasteiger partial charge in [0.05, 0.1) is 12.8 Å². The van der Waals surface area contributed by atoms with Gasteiger partial charge in [0.1, 0.15) is 5.75 Å². The summed E-state index contributed by atoms with van der Waals surface area (Å²) in [5, 5.41) is 10.9. The van der Waals surface area contributed by atoms with Crippen LogP contribution in [-0.4, -0.2) is 22.3 Å². The van der Waals surface area contributed by atoms with Gasteiger partial charge in [-0.3, -0.25) is 0 Å². The molecule has 2 rings (SSSR count). The highest BCUT2D eigenvalue weighted by molar-refractivity contribution is 6.32. The molecule has 0 fully saturated rings. The molecule has 5 nitrogen and oxygen atoms in total. The molecule has 8 heteroatoms. The minimum atomic E-state index is -0.00319. The Morgan fingerprint density at radius 3 is 2.58 bits per heavy atom. The van der Waals surface area contributed by atoms with Gasteiger partial charge in [0.25, 0.3) is 0 Å². The number of hydrogen-bond acceptors (Lipinski definition) is 5. The standard InChI is InChI=1S/C11H9Cl3N4O/c1-5-3-7(8(19-2)4-6(5)12)15-10-9(13)17-18-11(14)16-10/h3-4H,1-2H3,(H,15,16,18). The molecule has 2 aromatic rings. The molecular formula is C11H9Cl3N4O. The molecule has 1 heterocycles. The van der Waals surface area contributed by atoms with Crippen LogP contribution in [0.15, 0.2) is 12.1 Å². The summed E-state index contributed by atoms with van der Waals surface area (Å²) >= 11 is 17.6. The molecule has 0 atom stereocenters. The summed E-state index contributed by atoms with van der Waals surface area (Å²) in [5.74, 6) is 0.850. The van der Waals surface area contributed by atoms with Crippen LogP contribution in [0.3, 0.4) is 0 Å². The monoisotopic (exact) mass is 318 g/mol. The Bertz CT molecular complexity index is 621. The Morgan fingerprint density at radius 2 is 1.89 bits per heavy atom. The first kappa shape index (κ1) is 14.1. The van der Waals surface area contributed by atoms with Crippen molar-refractivity contribution in [2.45, 2.75) is 6.92 Å². The fraction of sp³-hybridized carbons (Fsp3) is 0.182. The molecule has 0 aliphatic heterocycles. The van der Waals surface area contributed by atoms with E-state index >= 15 is 0 Å². The number of aromatic nitrogens is 3. The zero-order valence-corrected chi connectivity index (χ0v) is 12.3. The molecular weight excluding hydrogens is 311 g/mol. The van der Waals surface area contributed by atoms with Gasteiger partial charge in [0, 0.05) is 11.1 Å². The zero-order chi connectivity index (χ0) is 14.0. The molecule has 0 amide bonds. The van der Waals surface area contributed by atoms with Crippen molar-refractivity contribution in [3.63, 3.8) is 0 Å². The van der Waals surface area contributed by atoms with E-state index in [1.54, 1.807) is 13.2 Å². The second-order valence-corrected chi connectivity index (χ2v) is 4.75. The third kappa shape index (κ3) is 3.18. The van der Waals surface area contributed by atoms with Crippen LogP contribution in [-0.2, 0) is 0 Å². The van der Waals surface area contributed by atoms with Gasteiger partial charge in [-0.1, -0.05) is 23.2 Å². The molecule has 0 spiro atoms. The van der Waals surface area contributed by atoms with E-state index in [0.29, 0.717) is 22.3 Å². The number of hydrogen-bond donors (Lipinski definition) is 1. The Balaban J connectivity index is 2.42. The molecule has 19 heavy (non-hydrogen) atoms. The van der Waals surface area contributed by atoms with Crippen LogP contribution >= 0.6 is 34.8 Å². The Hall–Kier alpha value is -1.30. The quantitative estimate of drug-likeness (QED) is 0.930. The Labute approximate surface area is 124 Å². The molecule has 1 N–H and O–H groups in total. The Morgan fingerprint density at radius 1 is 1.16 bits per heavy atom. The summed E-state index contributed by atoms with van der Waals surface area (Å²) < 4.78 is 5.24. The summed E-state index contributed by atoms with van der Waals surface area (Å²) in [5.41, 5.74) is 1.54. The van der Waals surface area contributed by atoms with E-state index in [1.807, 2.05) is 13.0 Å². The number of rotatable bonds is 3. The van der Waals surface area contributed by atoms with Crippen LogP contribution < -0.4 is 10.1 Å². The van der Waals surface area contributed by atoms with Gasteiger partial charge >= 0.3 is 0 Å². The molecule has 0 aliphatic rings. The van der Waals surface area contributed by atoms with E-state index in [9.17, 15) is 0 Å². The molecule has 1 aromatic heterocycles. The van der Waals surface area contributed by atoms with Crippen LogP contribution in [0.2, 0.25) is 15.5 Å². The van der Waals surface area contributed by atoms with E-state index in [0.717, 1.165) is 5.56 Å². The first-order valence-corrected chi connectivity index (χ1v) is 6.31. The maximum Gasteiger partial charge on any atom is 0.245 e. The first-order chi connectivity index (χ1) is 9.01. The van der Waals surface area contributed by atoms with Gasteiger partial charge in [-0.2, -0.15) is 4.98 Å². The Kier molecular flexibility index (Phi) is 4.29. The second kappa shape index (κ2) is 5.77. The van der Waals surface area contributed by atoms with Gasteiger partial charge in [0.2, 0.25) is 5.28 Å². The predicted molar refractivity (Wildman–Crippen MR) is 75.9 cm³/mol. The second-order valence-electron chi connectivity index (χ2n) is 3.65. The van der Waals surface area contributed by atoms with E-state index in [4.69, 9.17) is 39.5 Å². The van der Waals surface area contributed by atoms with Gasteiger partial charge in [-0.05, 0) is 30.2 Å². The topological polar surface area (TPSA) is 59.9 Å². The lowest BCUT2D eigenvalue weighted by Crippen LogP contribution is -2.01. The normalized spacial score (nSPS) is 10.4. The molecule has 0 radical (unpaired) electrons. The van der Waals surface area contributed by atoms with Crippen LogP contribution in [0.25, 0.3) is 0 Å². The number of ether oxygens (including phenoxy) is 1. The predicted octanol–water partition coefficient (Wildman–Crippen LogP) is 3.89. The number of aryl methyl sites for hydroxylation is 1. The summed E-state index contributed by atoms with van der Waals surface area (Å²) in [4.78, 5) is 3.96. The average Bonchev–Trinajstić information content (AvgIpc) is 2.38. The van der Waals surface area contributed by atoms with Crippen LogP contribution in [0.1, 0.15) is 5.56 Å². The highest BCUT2D eigenvalue weighted by atomic mass is 35.5. The molecule has 100 valence electrons. The highest BCUT2D eigenvalue weighted by Crippen LogP contribution is 2.33. The van der Waals surface area contributed by atoms with E-state index in [2.05, 4.69) is 20.5 Å². The highest BCUT2D eigenvalue weighted by Gasteiger charge is 2.11. The van der Waals surface area contributed by atoms with Crippen LogP contribution in [0.5, 0.6) is 5.75 Å². The third-order valence-corrected chi connectivity index (χ3v) is 3.18. The molecule has 0 saturated carbocycles. The maximum atomic E-state index is 6.03. The molecule has 0 aliphatic carbocycles. The number of halogens is 3. The van der Waals surface area contributed by atoms with Crippen molar-refractivity contribution in [1.29, 1.82) is 0 Å². The number of nitrogens with one attached hydrogen (secondary N) is 1. The number of nitrogens with zero attached hydrogens (tertiary/aromatic N) is 3. The zero-order valence-electron chi connectivity index (χ0n) is 10.0. The maximum absolute atomic E-state index is 6.03.